The Hall–Kier alpha value is -2.45. The summed E-state index contributed by atoms with van der Waals surface area (Å²) in [5.74, 6) is -0.581. The minimum absolute atomic E-state index is 0.00653. The Morgan fingerprint density at radius 1 is 1.22 bits per heavy atom. The zero-order chi connectivity index (χ0) is 19.6. The number of sulfonamides is 1. The van der Waals surface area contributed by atoms with Gasteiger partial charge in [-0.1, -0.05) is 0 Å². The van der Waals surface area contributed by atoms with Gasteiger partial charge in [0.2, 0.25) is 0 Å². The number of nitrogens with two attached hydrogens (primary N) is 1. The van der Waals surface area contributed by atoms with E-state index < -0.39 is 15.8 Å². The van der Waals surface area contributed by atoms with Gasteiger partial charge in [0.25, 0.3) is 15.9 Å². The second-order valence-electron chi connectivity index (χ2n) is 6.75. The molecule has 8 heteroatoms. The Balaban J connectivity index is 1.73. The lowest BCUT2D eigenvalue weighted by Gasteiger charge is -2.30. The summed E-state index contributed by atoms with van der Waals surface area (Å²) in [5, 5.41) is 0. The van der Waals surface area contributed by atoms with E-state index in [0.717, 1.165) is 18.9 Å². The number of carbonyl (C=O) groups excluding carboxylic acids is 1. The number of likely N-dealkylation sites (tertiary alicyclic amines) is 1. The van der Waals surface area contributed by atoms with Crippen molar-refractivity contribution < 1.29 is 17.6 Å². The van der Waals surface area contributed by atoms with Gasteiger partial charge in [-0.25, -0.2) is 12.8 Å². The first kappa shape index (κ1) is 19.3. The van der Waals surface area contributed by atoms with Gasteiger partial charge in [0, 0.05) is 30.4 Å². The Morgan fingerprint density at radius 3 is 2.56 bits per heavy atom. The Bertz CT molecular complexity index is 945. The number of benzene rings is 2. The van der Waals surface area contributed by atoms with E-state index in [2.05, 4.69) is 4.72 Å². The molecule has 144 valence electrons. The normalized spacial score (nSPS) is 17.6. The van der Waals surface area contributed by atoms with Crippen LogP contribution in [0.25, 0.3) is 0 Å². The fraction of sp³-hybridized carbons (Fsp3) is 0.316. The molecule has 0 spiro atoms. The fourth-order valence-corrected chi connectivity index (χ4v) is 4.20. The second-order valence-corrected chi connectivity index (χ2v) is 8.43. The van der Waals surface area contributed by atoms with Gasteiger partial charge in [-0.2, -0.15) is 0 Å². The van der Waals surface area contributed by atoms with Crippen molar-refractivity contribution in [2.75, 3.05) is 17.8 Å². The summed E-state index contributed by atoms with van der Waals surface area (Å²) in [6, 6.07) is 9.82. The average Bonchev–Trinajstić information content (AvgIpc) is 2.63. The number of nitrogens with zero attached hydrogens (tertiary/aromatic N) is 1. The van der Waals surface area contributed by atoms with Crippen molar-refractivity contribution in [3.63, 3.8) is 0 Å². The van der Waals surface area contributed by atoms with Crippen molar-refractivity contribution in [1.82, 2.24) is 4.90 Å². The second kappa shape index (κ2) is 7.66. The molecule has 1 aliphatic heterocycles. The zero-order valence-corrected chi connectivity index (χ0v) is 15.8. The van der Waals surface area contributed by atoms with Crippen LogP contribution in [-0.4, -0.2) is 38.4 Å². The van der Waals surface area contributed by atoms with Gasteiger partial charge < -0.3 is 10.6 Å². The predicted molar refractivity (Wildman–Crippen MR) is 102 cm³/mol. The zero-order valence-electron chi connectivity index (χ0n) is 15.0. The third kappa shape index (κ3) is 4.45. The number of hydrogen-bond donors (Lipinski definition) is 2. The molecule has 1 atom stereocenters. The molecular weight excluding hydrogens is 369 g/mol. The van der Waals surface area contributed by atoms with Gasteiger partial charge in [-0.3, -0.25) is 9.52 Å². The highest BCUT2D eigenvalue weighted by Crippen LogP contribution is 2.20. The lowest BCUT2D eigenvalue weighted by Crippen LogP contribution is -2.45. The van der Waals surface area contributed by atoms with E-state index in [9.17, 15) is 17.6 Å². The molecule has 1 fully saturated rings. The monoisotopic (exact) mass is 391 g/mol. The minimum atomic E-state index is -3.84. The molecule has 2 aromatic rings. The van der Waals surface area contributed by atoms with Gasteiger partial charge in [-0.15, -0.1) is 0 Å². The van der Waals surface area contributed by atoms with E-state index in [0.29, 0.717) is 24.3 Å². The SMILES string of the molecule is Cc1cc(S(=O)(=O)Nc2ccc(C(=O)N3CCCC(N)C3)cc2)ccc1F. The molecule has 1 heterocycles. The molecule has 0 bridgehead atoms. The first-order valence-electron chi connectivity index (χ1n) is 8.70. The lowest BCUT2D eigenvalue weighted by atomic mass is 10.1. The van der Waals surface area contributed by atoms with Crippen LogP contribution in [0.5, 0.6) is 0 Å². The molecule has 0 aliphatic carbocycles. The Kier molecular flexibility index (Phi) is 5.48. The quantitative estimate of drug-likeness (QED) is 0.838. The van der Waals surface area contributed by atoms with Crippen LogP contribution >= 0.6 is 0 Å². The molecule has 3 N–H and O–H groups in total. The topological polar surface area (TPSA) is 92.5 Å². The van der Waals surface area contributed by atoms with Crippen LogP contribution in [0, 0.1) is 12.7 Å². The summed E-state index contributed by atoms with van der Waals surface area (Å²) in [7, 11) is -3.84. The van der Waals surface area contributed by atoms with E-state index in [1.807, 2.05) is 0 Å². The molecule has 0 saturated carbocycles. The minimum Gasteiger partial charge on any atom is -0.337 e. The van der Waals surface area contributed by atoms with E-state index in [-0.39, 0.29) is 22.4 Å². The molecule has 1 unspecified atom stereocenters. The maximum absolute atomic E-state index is 13.4. The number of carbonyl (C=O) groups is 1. The van der Waals surface area contributed by atoms with Gasteiger partial charge >= 0.3 is 0 Å². The summed E-state index contributed by atoms with van der Waals surface area (Å²) >= 11 is 0. The number of piperidine rings is 1. The van der Waals surface area contributed by atoms with Crippen LogP contribution in [0.1, 0.15) is 28.8 Å². The van der Waals surface area contributed by atoms with E-state index >= 15 is 0 Å². The maximum atomic E-state index is 13.4. The number of amides is 1. The third-order valence-electron chi connectivity index (χ3n) is 4.57. The number of rotatable bonds is 4. The highest BCUT2D eigenvalue weighted by molar-refractivity contribution is 7.92. The molecule has 3 rings (SSSR count). The van der Waals surface area contributed by atoms with Crippen LogP contribution in [0.15, 0.2) is 47.4 Å². The van der Waals surface area contributed by atoms with Crippen molar-refractivity contribution in [3.8, 4) is 0 Å². The van der Waals surface area contributed by atoms with Crippen molar-refractivity contribution >= 4 is 21.6 Å². The van der Waals surface area contributed by atoms with Crippen LogP contribution < -0.4 is 10.5 Å². The van der Waals surface area contributed by atoms with Crippen molar-refractivity contribution in [2.45, 2.75) is 30.7 Å². The molecular formula is C19H22FN3O3S. The number of aryl methyl sites for hydroxylation is 1. The summed E-state index contributed by atoms with van der Waals surface area (Å²) in [6.07, 6.45) is 1.79. The first-order chi connectivity index (χ1) is 12.8. The first-order valence-corrected chi connectivity index (χ1v) is 10.2. The molecule has 6 nitrogen and oxygen atoms in total. The average molecular weight is 391 g/mol. The van der Waals surface area contributed by atoms with Crippen LogP contribution in [0.4, 0.5) is 10.1 Å². The van der Waals surface area contributed by atoms with Crippen molar-refractivity contribution in [1.29, 1.82) is 0 Å². The molecule has 1 amide bonds. The number of nitrogens with one attached hydrogen (secondary N) is 1. The third-order valence-corrected chi connectivity index (χ3v) is 5.95. The summed E-state index contributed by atoms with van der Waals surface area (Å²) in [6.45, 7) is 2.70. The summed E-state index contributed by atoms with van der Waals surface area (Å²) < 4.78 is 40.7. The number of hydrogen-bond acceptors (Lipinski definition) is 4. The molecule has 27 heavy (non-hydrogen) atoms. The standard InChI is InChI=1S/C19H22FN3O3S/c1-13-11-17(8-9-18(13)20)27(25,26)22-16-6-4-14(5-7-16)19(24)23-10-2-3-15(21)12-23/h4-9,11,15,22H,2-3,10,12,21H2,1H3. The number of halogens is 1. The molecule has 2 aromatic carbocycles. The maximum Gasteiger partial charge on any atom is 0.261 e. The van der Waals surface area contributed by atoms with Gasteiger partial charge in [0.15, 0.2) is 0 Å². The molecule has 1 aliphatic rings. The lowest BCUT2D eigenvalue weighted by molar-refractivity contribution is 0.0709. The van der Waals surface area contributed by atoms with Gasteiger partial charge in [0.1, 0.15) is 5.82 Å². The highest BCUT2D eigenvalue weighted by atomic mass is 32.2. The highest BCUT2D eigenvalue weighted by Gasteiger charge is 2.22. The molecule has 1 saturated heterocycles. The van der Waals surface area contributed by atoms with Crippen molar-refractivity contribution in [3.05, 3.63) is 59.4 Å². The smallest absolute Gasteiger partial charge is 0.261 e. The van der Waals surface area contributed by atoms with Gasteiger partial charge in [0.05, 0.1) is 4.90 Å². The van der Waals surface area contributed by atoms with E-state index in [4.69, 9.17) is 5.73 Å². The van der Waals surface area contributed by atoms with Crippen LogP contribution in [0.3, 0.4) is 0 Å². The predicted octanol–water partition coefficient (Wildman–Crippen LogP) is 2.50. The van der Waals surface area contributed by atoms with E-state index in [1.165, 1.54) is 31.2 Å². The van der Waals surface area contributed by atoms with Crippen molar-refractivity contribution in [2.24, 2.45) is 5.73 Å². The Labute approximate surface area is 158 Å². The molecule has 0 radical (unpaired) electrons. The van der Waals surface area contributed by atoms with E-state index in [1.54, 1.807) is 17.0 Å². The fourth-order valence-electron chi connectivity index (χ4n) is 3.06. The van der Waals surface area contributed by atoms with Crippen LogP contribution in [0.2, 0.25) is 0 Å². The molecule has 0 aromatic heterocycles. The van der Waals surface area contributed by atoms with Crippen LogP contribution in [-0.2, 0) is 10.0 Å². The Morgan fingerprint density at radius 2 is 1.93 bits per heavy atom. The number of anilines is 1. The van der Waals surface area contributed by atoms with Gasteiger partial charge in [-0.05, 0) is 67.8 Å². The summed E-state index contributed by atoms with van der Waals surface area (Å²) in [5.41, 5.74) is 6.96. The summed E-state index contributed by atoms with van der Waals surface area (Å²) in [4.78, 5) is 14.2. The largest absolute Gasteiger partial charge is 0.337 e.